The van der Waals surface area contributed by atoms with Crippen LogP contribution in [-0.2, 0) is 39.6 Å². The summed E-state index contributed by atoms with van der Waals surface area (Å²) in [7, 11) is 0. The van der Waals surface area contributed by atoms with Gasteiger partial charge in [0.25, 0.3) is 0 Å². The summed E-state index contributed by atoms with van der Waals surface area (Å²) in [5, 5.41) is 0. The molecule has 0 saturated carbocycles. The van der Waals surface area contributed by atoms with Gasteiger partial charge in [0.05, 0.1) is 0 Å². The number of nitrogens with zero attached hydrogens (tertiary/aromatic N) is 2. The minimum absolute atomic E-state index is 0. The SMILES string of the molecule is Cc1cc(C)cc(-c2c(-c3c[c-]c(-c4ccccn4)cc3)cccc2-c2c[c-]c(-c3ccccn3)cc2)c1.[Ir].[Rh]. The first kappa shape index (κ1) is 29.4. The van der Waals surface area contributed by atoms with Gasteiger partial charge in [-0.3, -0.25) is 0 Å². The molecule has 6 rings (SSSR count). The zero-order valence-corrected chi connectivity index (χ0v) is 26.1. The van der Waals surface area contributed by atoms with Gasteiger partial charge in [-0.15, -0.1) is 59.7 Å². The quantitative estimate of drug-likeness (QED) is 0.129. The zero-order valence-electron chi connectivity index (χ0n) is 22.1. The fourth-order valence-electron chi connectivity index (χ4n) is 5.01. The van der Waals surface area contributed by atoms with Crippen LogP contribution in [0.3, 0.4) is 0 Å². The van der Waals surface area contributed by atoms with E-state index in [2.05, 4.69) is 109 Å². The monoisotopic (exact) mass is 782 g/mol. The van der Waals surface area contributed by atoms with Crippen LogP contribution in [0.15, 0.2) is 122 Å². The average Bonchev–Trinajstić information content (AvgIpc) is 2.97. The molecular formula is C36H26IrN2Rh-2. The molecule has 0 unspecified atom stereocenters. The summed E-state index contributed by atoms with van der Waals surface area (Å²) in [6.07, 6.45) is 3.63. The van der Waals surface area contributed by atoms with Crippen molar-refractivity contribution in [2.24, 2.45) is 0 Å². The summed E-state index contributed by atoms with van der Waals surface area (Å²) < 4.78 is 0. The van der Waals surface area contributed by atoms with E-state index in [1.165, 1.54) is 33.4 Å². The molecule has 0 atom stereocenters. The number of hydrogen-bond donors (Lipinski definition) is 0. The standard InChI is InChI=1S/C36H26N2.Ir.Rh/c1-25-22-26(2)24-31(23-25)36-32(27-12-16-29(17-13-27)34-10-3-5-20-37-34)8-7-9-33(36)28-14-18-30(19-15-28)35-11-4-6-21-38-35;;/h3-16,18,20-24H,1-2H3;;/q-2;;. The molecule has 0 N–H and O–H groups in total. The van der Waals surface area contributed by atoms with Crippen LogP contribution in [0.1, 0.15) is 11.1 Å². The topological polar surface area (TPSA) is 25.8 Å². The molecule has 4 aromatic carbocycles. The number of benzene rings is 4. The Morgan fingerprint density at radius 3 is 1.43 bits per heavy atom. The first-order valence-electron chi connectivity index (χ1n) is 12.7. The van der Waals surface area contributed by atoms with Crippen molar-refractivity contribution in [1.29, 1.82) is 0 Å². The predicted molar refractivity (Wildman–Crippen MR) is 156 cm³/mol. The molecule has 2 radical (unpaired) electrons. The molecule has 4 heteroatoms. The molecule has 0 spiro atoms. The van der Waals surface area contributed by atoms with Crippen LogP contribution < -0.4 is 0 Å². The summed E-state index contributed by atoms with van der Waals surface area (Å²) in [6, 6.07) is 44.8. The van der Waals surface area contributed by atoms with Crippen LogP contribution in [0.25, 0.3) is 55.9 Å². The maximum atomic E-state index is 4.48. The Labute approximate surface area is 262 Å². The maximum absolute atomic E-state index is 4.48. The third-order valence-electron chi connectivity index (χ3n) is 6.70. The molecule has 2 heterocycles. The molecule has 2 nitrogen and oxygen atoms in total. The van der Waals surface area contributed by atoms with E-state index in [0.29, 0.717) is 0 Å². The molecule has 0 aliphatic carbocycles. The molecule has 0 aliphatic heterocycles. The molecule has 6 aromatic rings. The molecule has 0 saturated heterocycles. The van der Waals surface area contributed by atoms with Gasteiger partial charge in [0, 0.05) is 52.0 Å². The molecule has 0 fully saturated rings. The Morgan fingerprint density at radius 1 is 0.525 bits per heavy atom. The third-order valence-corrected chi connectivity index (χ3v) is 6.70. The van der Waals surface area contributed by atoms with Crippen LogP contribution >= 0.6 is 0 Å². The van der Waals surface area contributed by atoms with E-state index in [-0.39, 0.29) is 39.6 Å². The minimum Gasteiger partial charge on any atom is -0.305 e. The van der Waals surface area contributed by atoms with Crippen LogP contribution in [0.5, 0.6) is 0 Å². The van der Waals surface area contributed by atoms with E-state index in [1.54, 1.807) is 0 Å². The predicted octanol–water partition coefficient (Wildman–Crippen LogP) is 9.02. The van der Waals surface area contributed by atoms with Crippen molar-refractivity contribution < 1.29 is 39.6 Å². The van der Waals surface area contributed by atoms with Gasteiger partial charge >= 0.3 is 0 Å². The van der Waals surface area contributed by atoms with Crippen molar-refractivity contribution >= 4 is 0 Å². The number of pyridine rings is 2. The Bertz CT molecular complexity index is 1580. The second-order valence-electron chi connectivity index (χ2n) is 9.52. The van der Waals surface area contributed by atoms with Gasteiger partial charge in [-0.1, -0.05) is 94.0 Å². The zero-order chi connectivity index (χ0) is 25.9. The van der Waals surface area contributed by atoms with Gasteiger partial charge in [-0.05, 0) is 48.5 Å². The van der Waals surface area contributed by atoms with E-state index in [0.717, 1.165) is 33.6 Å². The van der Waals surface area contributed by atoms with E-state index < -0.39 is 0 Å². The van der Waals surface area contributed by atoms with Crippen molar-refractivity contribution in [2.75, 3.05) is 0 Å². The van der Waals surface area contributed by atoms with E-state index in [9.17, 15) is 0 Å². The Morgan fingerprint density at radius 2 is 1.02 bits per heavy atom. The van der Waals surface area contributed by atoms with Crippen LogP contribution in [0.2, 0.25) is 0 Å². The molecule has 0 aliphatic rings. The van der Waals surface area contributed by atoms with Crippen molar-refractivity contribution in [3.05, 3.63) is 145 Å². The second kappa shape index (κ2) is 13.2. The van der Waals surface area contributed by atoms with Gasteiger partial charge < -0.3 is 9.97 Å². The van der Waals surface area contributed by atoms with Crippen molar-refractivity contribution in [3.63, 3.8) is 0 Å². The van der Waals surface area contributed by atoms with E-state index in [4.69, 9.17) is 0 Å². The summed E-state index contributed by atoms with van der Waals surface area (Å²) in [5.41, 5.74) is 13.3. The Balaban J connectivity index is 0.00000185. The maximum Gasteiger partial charge on any atom is 0.0160 e. The number of rotatable bonds is 5. The molecule has 0 amide bonds. The largest absolute Gasteiger partial charge is 0.305 e. The molecule has 40 heavy (non-hydrogen) atoms. The number of aryl methyl sites for hydroxylation is 2. The summed E-state index contributed by atoms with van der Waals surface area (Å²) in [6.45, 7) is 4.31. The van der Waals surface area contributed by atoms with Crippen molar-refractivity contribution in [3.8, 4) is 55.9 Å². The molecular weight excluding hydrogens is 756 g/mol. The second-order valence-corrected chi connectivity index (χ2v) is 9.52. The van der Waals surface area contributed by atoms with Crippen LogP contribution in [0, 0.1) is 26.0 Å². The summed E-state index contributed by atoms with van der Waals surface area (Å²) in [5.74, 6) is 0. The minimum atomic E-state index is 0. The fourth-order valence-corrected chi connectivity index (χ4v) is 5.01. The molecule has 0 bridgehead atoms. The van der Waals surface area contributed by atoms with Gasteiger partial charge in [0.2, 0.25) is 0 Å². The fraction of sp³-hybridized carbons (Fsp3) is 0.0556. The molecule has 2 aromatic heterocycles. The van der Waals surface area contributed by atoms with Gasteiger partial charge in [-0.2, -0.15) is 0 Å². The van der Waals surface area contributed by atoms with Crippen LogP contribution in [0.4, 0.5) is 0 Å². The summed E-state index contributed by atoms with van der Waals surface area (Å²) in [4.78, 5) is 8.96. The Kier molecular flexibility index (Phi) is 9.72. The van der Waals surface area contributed by atoms with Gasteiger partial charge in [0.1, 0.15) is 0 Å². The third kappa shape index (κ3) is 6.26. The van der Waals surface area contributed by atoms with E-state index >= 15 is 0 Å². The van der Waals surface area contributed by atoms with Crippen LogP contribution in [-0.4, -0.2) is 9.97 Å². The Hall–Kier alpha value is -3.55. The summed E-state index contributed by atoms with van der Waals surface area (Å²) >= 11 is 0. The number of aromatic nitrogens is 2. The number of hydrogen-bond acceptors (Lipinski definition) is 2. The van der Waals surface area contributed by atoms with Crippen molar-refractivity contribution in [1.82, 2.24) is 9.97 Å². The first-order valence-corrected chi connectivity index (χ1v) is 12.7. The molecule has 200 valence electrons. The normalized spacial score (nSPS) is 10.3. The average molecular weight is 782 g/mol. The van der Waals surface area contributed by atoms with Gasteiger partial charge in [0.15, 0.2) is 0 Å². The first-order chi connectivity index (χ1) is 18.7. The van der Waals surface area contributed by atoms with Crippen molar-refractivity contribution in [2.45, 2.75) is 13.8 Å². The smallest absolute Gasteiger partial charge is 0.0160 e. The van der Waals surface area contributed by atoms with Gasteiger partial charge in [-0.25, -0.2) is 0 Å². The van der Waals surface area contributed by atoms with E-state index in [1.807, 2.05) is 48.8 Å².